The van der Waals surface area contributed by atoms with E-state index in [2.05, 4.69) is 17.6 Å². The molecule has 0 aromatic heterocycles. The maximum absolute atomic E-state index is 11.8. The van der Waals surface area contributed by atoms with Gasteiger partial charge in [-0.15, -0.1) is 0 Å². The number of rotatable bonds is 7. The van der Waals surface area contributed by atoms with Gasteiger partial charge in [-0.3, -0.25) is 9.59 Å². The molecule has 2 amide bonds. The molecule has 1 aromatic rings. The lowest BCUT2D eigenvalue weighted by atomic mass is 10.1. The molecular weight excluding hydrogens is 260 g/mol. The Balaban J connectivity index is 2.37. The average Bonchev–Trinajstić information content (AvgIpc) is 2.41. The fourth-order valence-electron chi connectivity index (χ4n) is 1.49. The number of hydrogen-bond acceptors (Lipinski definition) is 3. The summed E-state index contributed by atoms with van der Waals surface area (Å²) < 4.78 is 0. The third-order valence-corrected chi connectivity index (χ3v) is 3.42. The van der Waals surface area contributed by atoms with Crippen molar-refractivity contribution in [3.63, 3.8) is 0 Å². The van der Waals surface area contributed by atoms with Crippen LogP contribution in [-0.4, -0.2) is 30.7 Å². The molecule has 1 rings (SSSR count). The van der Waals surface area contributed by atoms with Gasteiger partial charge in [-0.25, -0.2) is 0 Å². The number of amides is 2. The van der Waals surface area contributed by atoms with Gasteiger partial charge in [-0.2, -0.15) is 11.8 Å². The van der Waals surface area contributed by atoms with Crippen LogP contribution in [0.2, 0.25) is 0 Å². The molecule has 19 heavy (non-hydrogen) atoms. The highest BCUT2D eigenvalue weighted by Crippen LogP contribution is 2.12. The molecule has 0 unspecified atom stereocenters. The Morgan fingerprint density at radius 2 is 1.74 bits per heavy atom. The first-order valence-electron chi connectivity index (χ1n) is 6.32. The monoisotopic (exact) mass is 280 g/mol. The number of hydrogen-bond donors (Lipinski definition) is 2. The highest BCUT2D eigenvalue weighted by atomic mass is 32.2. The van der Waals surface area contributed by atoms with Crippen LogP contribution in [0.4, 0.5) is 0 Å². The average molecular weight is 280 g/mol. The predicted octanol–water partition coefficient (Wildman–Crippen LogP) is 1.81. The van der Waals surface area contributed by atoms with Gasteiger partial charge in [-0.1, -0.05) is 19.1 Å². The molecule has 0 bridgehead atoms. The van der Waals surface area contributed by atoms with Crippen LogP contribution in [0.15, 0.2) is 24.3 Å². The SMILES string of the molecule is CCSCc1ccc(C(=O)NCCNC(C)=O)cc1. The maximum atomic E-state index is 11.8. The van der Waals surface area contributed by atoms with E-state index in [4.69, 9.17) is 0 Å². The van der Waals surface area contributed by atoms with Crippen LogP contribution in [-0.2, 0) is 10.5 Å². The number of benzene rings is 1. The van der Waals surface area contributed by atoms with Crippen molar-refractivity contribution in [1.29, 1.82) is 0 Å². The van der Waals surface area contributed by atoms with Crippen LogP contribution in [0, 0.1) is 0 Å². The quantitative estimate of drug-likeness (QED) is 0.749. The van der Waals surface area contributed by atoms with Crippen molar-refractivity contribution in [2.45, 2.75) is 19.6 Å². The fourth-order valence-corrected chi connectivity index (χ4v) is 2.12. The van der Waals surface area contributed by atoms with Gasteiger partial charge < -0.3 is 10.6 Å². The topological polar surface area (TPSA) is 58.2 Å². The standard InChI is InChI=1S/C14H20N2O2S/c1-3-19-10-12-4-6-13(7-5-12)14(18)16-9-8-15-11(2)17/h4-7H,3,8-10H2,1-2H3,(H,15,17)(H,16,18). The van der Waals surface area contributed by atoms with Crippen LogP contribution in [0.3, 0.4) is 0 Å². The molecule has 0 aliphatic rings. The van der Waals surface area contributed by atoms with Crippen molar-refractivity contribution in [2.24, 2.45) is 0 Å². The molecule has 5 heteroatoms. The van der Waals surface area contributed by atoms with Gasteiger partial charge >= 0.3 is 0 Å². The van der Waals surface area contributed by atoms with Crippen molar-refractivity contribution in [2.75, 3.05) is 18.8 Å². The van der Waals surface area contributed by atoms with Gasteiger partial charge in [0.2, 0.25) is 5.91 Å². The molecule has 0 heterocycles. The zero-order valence-corrected chi connectivity index (χ0v) is 12.2. The van der Waals surface area contributed by atoms with Crippen LogP contribution in [0.1, 0.15) is 29.8 Å². The Hall–Kier alpha value is -1.49. The third-order valence-electron chi connectivity index (χ3n) is 2.47. The summed E-state index contributed by atoms with van der Waals surface area (Å²) >= 11 is 1.85. The van der Waals surface area contributed by atoms with E-state index >= 15 is 0 Å². The van der Waals surface area contributed by atoms with Gasteiger partial charge in [0.1, 0.15) is 0 Å². The van der Waals surface area contributed by atoms with Gasteiger partial charge in [0, 0.05) is 31.3 Å². The third kappa shape index (κ3) is 6.29. The summed E-state index contributed by atoms with van der Waals surface area (Å²) in [6, 6.07) is 7.62. The summed E-state index contributed by atoms with van der Waals surface area (Å²) in [4.78, 5) is 22.4. The lowest BCUT2D eigenvalue weighted by Crippen LogP contribution is -2.33. The first-order valence-corrected chi connectivity index (χ1v) is 7.48. The van der Waals surface area contributed by atoms with E-state index < -0.39 is 0 Å². The van der Waals surface area contributed by atoms with Crippen molar-refractivity contribution in [1.82, 2.24) is 10.6 Å². The van der Waals surface area contributed by atoms with Gasteiger partial charge in [0.05, 0.1) is 0 Å². The molecule has 0 saturated carbocycles. The summed E-state index contributed by atoms with van der Waals surface area (Å²) in [7, 11) is 0. The van der Waals surface area contributed by atoms with E-state index in [1.165, 1.54) is 12.5 Å². The maximum Gasteiger partial charge on any atom is 0.251 e. The Kier molecular flexibility index (Phi) is 7.03. The molecule has 1 aromatic carbocycles. The predicted molar refractivity (Wildman–Crippen MR) is 79.3 cm³/mol. The summed E-state index contributed by atoms with van der Waals surface area (Å²) in [5.41, 5.74) is 1.87. The highest BCUT2D eigenvalue weighted by molar-refractivity contribution is 7.98. The first-order chi connectivity index (χ1) is 9.13. The van der Waals surface area contributed by atoms with Crippen molar-refractivity contribution in [3.8, 4) is 0 Å². The Bertz CT molecular complexity index is 418. The van der Waals surface area contributed by atoms with E-state index in [0.29, 0.717) is 18.7 Å². The fraction of sp³-hybridized carbons (Fsp3) is 0.429. The Labute approximate surface area is 118 Å². The van der Waals surface area contributed by atoms with Gasteiger partial charge in [0.25, 0.3) is 5.91 Å². The van der Waals surface area contributed by atoms with E-state index in [1.54, 1.807) is 0 Å². The second-order valence-corrected chi connectivity index (χ2v) is 5.35. The first kappa shape index (κ1) is 15.6. The number of nitrogens with one attached hydrogen (secondary N) is 2. The molecule has 0 spiro atoms. The summed E-state index contributed by atoms with van der Waals surface area (Å²) in [6.45, 7) is 4.47. The van der Waals surface area contributed by atoms with Crippen LogP contribution < -0.4 is 10.6 Å². The zero-order valence-electron chi connectivity index (χ0n) is 11.4. The number of thioether (sulfide) groups is 1. The van der Waals surface area contributed by atoms with E-state index in [-0.39, 0.29) is 11.8 Å². The molecular formula is C14H20N2O2S. The second-order valence-electron chi connectivity index (χ2n) is 4.07. The molecule has 104 valence electrons. The molecule has 0 atom stereocenters. The largest absolute Gasteiger partial charge is 0.355 e. The van der Waals surface area contributed by atoms with Crippen molar-refractivity contribution >= 4 is 23.6 Å². The zero-order chi connectivity index (χ0) is 14.1. The van der Waals surface area contributed by atoms with Gasteiger partial charge in [0.15, 0.2) is 0 Å². The lowest BCUT2D eigenvalue weighted by molar-refractivity contribution is -0.118. The summed E-state index contributed by atoms with van der Waals surface area (Å²) in [5, 5.41) is 5.39. The Morgan fingerprint density at radius 3 is 2.32 bits per heavy atom. The van der Waals surface area contributed by atoms with Crippen LogP contribution in [0.5, 0.6) is 0 Å². The van der Waals surface area contributed by atoms with Crippen LogP contribution >= 0.6 is 11.8 Å². The minimum absolute atomic E-state index is 0.0907. The molecule has 2 N–H and O–H groups in total. The summed E-state index contributed by atoms with van der Waals surface area (Å²) in [5.74, 6) is 1.86. The Morgan fingerprint density at radius 1 is 1.11 bits per heavy atom. The van der Waals surface area contributed by atoms with Gasteiger partial charge in [-0.05, 0) is 23.4 Å². The highest BCUT2D eigenvalue weighted by Gasteiger charge is 2.04. The summed E-state index contributed by atoms with van der Waals surface area (Å²) in [6.07, 6.45) is 0. The number of carbonyl (C=O) groups excluding carboxylic acids is 2. The molecule has 0 aliphatic heterocycles. The molecule has 0 fully saturated rings. The smallest absolute Gasteiger partial charge is 0.251 e. The van der Waals surface area contributed by atoms with Crippen molar-refractivity contribution in [3.05, 3.63) is 35.4 Å². The minimum Gasteiger partial charge on any atom is -0.355 e. The van der Waals surface area contributed by atoms with E-state index in [1.807, 2.05) is 36.0 Å². The molecule has 4 nitrogen and oxygen atoms in total. The van der Waals surface area contributed by atoms with Crippen molar-refractivity contribution < 1.29 is 9.59 Å². The van der Waals surface area contributed by atoms with Crippen LogP contribution in [0.25, 0.3) is 0 Å². The lowest BCUT2D eigenvalue weighted by Gasteiger charge is -2.06. The minimum atomic E-state index is -0.111. The second kappa shape index (κ2) is 8.58. The molecule has 0 aliphatic carbocycles. The van der Waals surface area contributed by atoms with E-state index in [9.17, 15) is 9.59 Å². The molecule has 0 saturated heterocycles. The van der Waals surface area contributed by atoms with E-state index in [0.717, 1.165) is 11.5 Å². The molecule has 0 radical (unpaired) electrons. The number of carbonyl (C=O) groups is 2. The normalized spacial score (nSPS) is 10.0.